The van der Waals surface area contributed by atoms with E-state index in [0.29, 0.717) is 11.8 Å². The van der Waals surface area contributed by atoms with E-state index in [1.54, 1.807) is 0 Å². The average Bonchev–Trinajstić information content (AvgIpc) is 3.35. The van der Waals surface area contributed by atoms with Crippen LogP contribution in [0.1, 0.15) is 44.1 Å². The summed E-state index contributed by atoms with van der Waals surface area (Å²) in [5, 5.41) is 10.3. The standard InChI is InChI=1S/C18H24ClNO2/c1-2-18(12-21)7-9-20(10-8-18)17(22)16-11-15(16)13-3-5-14(19)6-4-13/h3-6,15-16,21H,2,7-12H2,1H3. The van der Waals surface area contributed by atoms with Crippen LogP contribution in [0.2, 0.25) is 5.02 Å². The lowest BCUT2D eigenvalue weighted by atomic mass is 9.77. The lowest BCUT2D eigenvalue weighted by Crippen LogP contribution is -2.45. The average molecular weight is 322 g/mol. The summed E-state index contributed by atoms with van der Waals surface area (Å²) >= 11 is 5.92. The number of hydrogen-bond donors (Lipinski definition) is 1. The SMILES string of the molecule is CCC1(CO)CCN(C(=O)C2CC2c2ccc(Cl)cc2)CC1. The fourth-order valence-electron chi connectivity index (χ4n) is 3.61. The molecule has 3 nitrogen and oxygen atoms in total. The van der Waals surface area contributed by atoms with Crippen molar-refractivity contribution in [3.63, 3.8) is 0 Å². The summed E-state index contributed by atoms with van der Waals surface area (Å²) in [5.41, 5.74) is 1.26. The fourth-order valence-corrected chi connectivity index (χ4v) is 3.73. The Morgan fingerprint density at radius 2 is 1.95 bits per heavy atom. The zero-order valence-electron chi connectivity index (χ0n) is 13.1. The highest BCUT2D eigenvalue weighted by atomic mass is 35.5. The molecule has 1 N–H and O–H groups in total. The monoisotopic (exact) mass is 321 g/mol. The summed E-state index contributed by atoms with van der Waals surface area (Å²) in [5.74, 6) is 0.799. The summed E-state index contributed by atoms with van der Waals surface area (Å²) in [6, 6.07) is 7.86. The second-order valence-electron chi connectivity index (χ2n) is 6.84. The molecule has 1 amide bonds. The van der Waals surface area contributed by atoms with E-state index in [1.165, 1.54) is 5.56 Å². The summed E-state index contributed by atoms with van der Waals surface area (Å²) in [4.78, 5) is 14.6. The van der Waals surface area contributed by atoms with Gasteiger partial charge in [-0.05, 0) is 54.7 Å². The van der Waals surface area contributed by atoms with Crippen molar-refractivity contribution in [2.45, 2.75) is 38.5 Å². The van der Waals surface area contributed by atoms with Crippen molar-refractivity contribution in [1.29, 1.82) is 0 Å². The van der Waals surface area contributed by atoms with Gasteiger partial charge in [0.15, 0.2) is 0 Å². The van der Waals surface area contributed by atoms with Gasteiger partial charge in [-0.15, -0.1) is 0 Å². The predicted octanol–water partition coefficient (Wildman–Crippen LogP) is 3.45. The van der Waals surface area contributed by atoms with Gasteiger partial charge in [0, 0.05) is 30.6 Å². The molecule has 1 saturated heterocycles. The largest absolute Gasteiger partial charge is 0.396 e. The molecule has 120 valence electrons. The molecule has 22 heavy (non-hydrogen) atoms. The lowest BCUT2D eigenvalue weighted by Gasteiger charge is -2.40. The first-order chi connectivity index (χ1) is 10.6. The molecule has 2 unspecified atom stereocenters. The van der Waals surface area contributed by atoms with Crippen LogP contribution < -0.4 is 0 Å². The summed E-state index contributed by atoms with van der Waals surface area (Å²) in [6.45, 7) is 3.95. The molecule has 1 aliphatic carbocycles. The number of aliphatic hydroxyl groups is 1. The van der Waals surface area contributed by atoms with Crippen molar-refractivity contribution in [2.24, 2.45) is 11.3 Å². The van der Waals surface area contributed by atoms with Crippen LogP contribution in [0.4, 0.5) is 0 Å². The number of carbonyl (C=O) groups is 1. The van der Waals surface area contributed by atoms with E-state index in [-0.39, 0.29) is 17.9 Å². The summed E-state index contributed by atoms with van der Waals surface area (Å²) in [7, 11) is 0. The molecular formula is C18H24ClNO2. The maximum Gasteiger partial charge on any atom is 0.226 e. The zero-order chi connectivity index (χ0) is 15.7. The van der Waals surface area contributed by atoms with Crippen molar-refractivity contribution in [3.05, 3.63) is 34.9 Å². The molecule has 4 heteroatoms. The minimum atomic E-state index is 0.0376. The Kier molecular flexibility index (Phi) is 4.47. The lowest BCUT2D eigenvalue weighted by molar-refractivity contribution is -0.135. The van der Waals surface area contributed by atoms with Gasteiger partial charge in [-0.1, -0.05) is 30.7 Å². The number of aliphatic hydroxyl groups excluding tert-OH is 1. The second kappa shape index (κ2) is 6.21. The van der Waals surface area contributed by atoms with E-state index in [4.69, 9.17) is 11.6 Å². The number of nitrogens with zero attached hydrogens (tertiary/aromatic N) is 1. The van der Waals surface area contributed by atoms with Gasteiger partial charge in [-0.3, -0.25) is 4.79 Å². The first kappa shape index (κ1) is 15.8. The Morgan fingerprint density at radius 1 is 1.32 bits per heavy atom. The van der Waals surface area contributed by atoms with Gasteiger partial charge < -0.3 is 10.0 Å². The van der Waals surface area contributed by atoms with Crippen LogP contribution in [-0.2, 0) is 4.79 Å². The third-order valence-electron chi connectivity index (χ3n) is 5.63. The number of amides is 1. The van der Waals surface area contributed by atoms with E-state index < -0.39 is 0 Å². The molecule has 1 aromatic rings. The summed E-state index contributed by atoms with van der Waals surface area (Å²) in [6.07, 6.45) is 3.78. The van der Waals surface area contributed by atoms with Gasteiger partial charge in [0.05, 0.1) is 0 Å². The maximum absolute atomic E-state index is 12.6. The highest BCUT2D eigenvalue weighted by Crippen LogP contribution is 2.49. The molecule has 0 aromatic heterocycles. The van der Waals surface area contributed by atoms with Gasteiger partial charge in [0.25, 0.3) is 0 Å². The molecule has 1 saturated carbocycles. The van der Waals surface area contributed by atoms with E-state index in [1.807, 2.05) is 29.2 Å². The number of piperidine rings is 1. The van der Waals surface area contributed by atoms with Gasteiger partial charge in [0.1, 0.15) is 0 Å². The Bertz CT molecular complexity index is 529. The molecule has 0 bridgehead atoms. The number of benzene rings is 1. The molecule has 0 spiro atoms. The third-order valence-corrected chi connectivity index (χ3v) is 5.88. The van der Waals surface area contributed by atoms with Crippen molar-refractivity contribution < 1.29 is 9.90 Å². The number of hydrogen-bond acceptors (Lipinski definition) is 2. The smallest absolute Gasteiger partial charge is 0.226 e. The van der Waals surface area contributed by atoms with Crippen LogP contribution >= 0.6 is 11.6 Å². The first-order valence-corrected chi connectivity index (χ1v) is 8.61. The predicted molar refractivity (Wildman–Crippen MR) is 87.9 cm³/mol. The molecule has 1 aromatic carbocycles. The molecule has 1 heterocycles. The minimum absolute atomic E-state index is 0.0376. The number of carbonyl (C=O) groups excluding carboxylic acids is 1. The first-order valence-electron chi connectivity index (χ1n) is 8.24. The van der Waals surface area contributed by atoms with E-state index >= 15 is 0 Å². The Hall–Kier alpha value is -1.06. The van der Waals surface area contributed by atoms with E-state index in [9.17, 15) is 9.90 Å². The maximum atomic E-state index is 12.6. The molecule has 3 rings (SSSR count). The van der Waals surface area contributed by atoms with E-state index in [2.05, 4.69) is 6.92 Å². The number of likely N-dealkylation sites (tertiary alicyclic amines) is 1. The number of halogens is 1. The molecule has 0 radical (unpaired) electrons. The van der Waals surface area contributed by atoms with Crippen LogP contribution in [-0.4, -0.2) is 35.6 Å². The van der Waals surface area contributed by atoms with Crippen LogP contribution in [0.15, 0.2) is 24.3 Å². The highest BCUT2D eigenvalue weighted by molar-refractivity contribution is 6.30. The zero-order valence-corrected chi connectivity index (χ0v) is 13.9. The van der Waals surface area contributed by atoms with Crippen molar-refractivity contribution in [3.8, 4) is 0 Å². The summed E-state index contributed by atoms with van der Waals surface area (Å²) < 4.78 is 0. The van der Waals surface area contributed by atoms with Crippen LogP contribution in [0, 0.1) is 11.3 Å². The molecule has 2 atom stereocenters. The minimum Gasteiger partial charge on any atom is -0.396 e. The normalized spacial score (nSPS) is 26.8. The Balaban J connectivity index is 1.57. The van der Waals surface area contributed by atoms with E-state index in [0.717, 1.165) is 43.8 Å². The quantitative estimate of drug-likeness (QED) is 0.922. The Labute approximate surface area is 137 Å². The van der Waals surface area contributed by atoms with Crippen LogP contribution in [0.5, 0.6) is 0 Å². The molecule has 1 aliphatic heterocycles. The van der Waals surface area contributed by atoms with Gasteiger partial charge in [-0.2, -0.15) is 0 Å². The molecule has 2 fully saturated rings. The Morgan fingerprint density at radius 3 is 2.50 bits per heavy atom. The molecular weight excluding hydrogens is 298 g/mol. The van der Waals surface area contributed by atoms with Gasteiger partial charge >= 0.3 is 0 Å². The van der Waals surface area contributed by atoms with Crippen molar-refractivity contribution >= 4 is 17.5 Å². The van der Waals surface area contributed by atoms with Crippen LogP contribution in [0.25, 0.3) is 0 Å². The van der Waals surface area contributed by atoms with Gasteiger partial charge in [-0.25, -0.2) is 0 Å². The van der Waals surface area contributed by atoms with Crippen molar-refractivity contribution in [1.82, 2.24) is 4.90 Å². The highest BCUT2D eigenvalue weighted by Gasteiger charge is 2.46. The topological polar surface area (TPSA) is 40.5 Å². The third kappa shape index (κ3) is 3.02. The van der Waals surface area contributed by atoms with Crippen LogP contribution in [0.3, 0.4) is 0 Å². The second-order valence-corrected chi connectivity index (χ2v) is 7.27. The fraction of sp³-hybridized carbons (Fsp3) is 0.611. The van der Waals surface area contributed by atoms with Crippen molar-refractivity contribution in [2.75, 3.05) is 19.7 Å². The molecule has 2 aliphatic rings. The van der Waals surface area contributed by atoms with Gasteiger partial charge in [0.2, 0.25) is 5.91 Å². The number of rotatable bonds is 4.